The summed E-state index contributed by atoms with van der Waals surface area (Å²) in [7, 11) is 1.90. The zero-order chi connectivity index (χ0) is 14.8. The van der Waals surface area contributed by atoms with Crippen molar-refractivity contribution in [3.8, 4) is 6.07 Å². The van der Waals surface area contributed by atoms with Crippen molar-refractivity contribution in [3.63, 3.8) is 0 Å². The van der Waals surface area contributed by atoms with Crippen LogP contribution in [-0.4, -0.2) is 22.2 Å². The Morgan fingerprint density at radius 2 is 2.14 bits per heavy atom. The van der Waals surface area contributed by atoms with E-state index in [4.69, 9.17) is 4.52 Å². The van der Waals surface area contributed by atoms with Crippen molar-refractivity contribution in [1.29, 1.82) is 5.26 Å². The molecule has 6 heteroatoms. The average Bonchev–Trinajstić information content (AvgIpc) is 2.90. The van der Waals surface area contributed by atoms with Gasteiger partial charge in [-0.1, -0.05) is 23.4 Å². The highest BCUT2D eigenvalue weighted by Gasteiger charge is 2.15. The van der Waals surface area contributed by atoms with Crippen molar-refractivity contribution >= 4 is 16.6 Å². The Balaban J connectivity index is 2.07. The van der Waals surface area contributed by atoms with Gasteiger partial charge in [0.15, 0.2) is 5.82 Å². The Bertz CT molecular complexity index is 833. The van der Waals surface area contributed by atoms with E-state index >= 15 is 0 Å². The molecule has 0 aliphatic carbocycles. The third-order valence-electron chi connectivity index (χ3n) is 3.20. The molecule has 0 fully saturated rings. The lowest BCUT2D eigenvalue weighted by Gasteiger charge is -2.20. The van der Waals surface area contributed by atoms with Gasteiger partial charge in [-0.05, 0) is 6.07 Å². The molecule has 21 heavy (non-hydrogen) atoms. The van der Waals surface area contributed by atoms with Gasteiger partial charge in [-0.3, -0.25) is 4.98 Å². The van der Waals surface area contributed by atoms with E-state index in [0.29, 0.717) is 23.8 Å². The molecule has 0 radical (unpaired) electrons. The van der Waals surface area contributed by atoms with E-state index in [1.54, 1.807) is 13.1 Å². The fraction of sp³-hybridized carbons (Fsp3) is 0.200. The van der Waals surface area contributed by atoms with Crippen LogP contribution in [0.2, 0.25) is 0 Å². The topological polar surface area (TPSA) is 78.8 Å². The fourth-order valence-electron chi connectivity index (χ4n) is 2.32. The van der Waals surface area contributed by atoms with Crippen LogP contribution < -0.4 is 4.90 Å². The predicted molar refractivity (Wildman–Crippen MR) is 77.6 cm³/mol. The van der Waals surface area contributed by atoms with E-state index in [9.17, 15) is 5.26 Å². The van der Waals surface area contributed by atoms with Gasteiger partial charge in [-0.2, -0.15) is 10.2 Å². The molecule has 0 aliphatic heterocycles. The summed E-state index contributed by atoms with van der Waals surface area (Å²) in [6.07, 6.45) is 1.59. The zero-order valence-electron chi connectivity index (χ0n) is 11.7. The lowest BCUT2D eigenvalue weighted by atomic mass is 10.1. The molecule has 0 aliphatic rings. The van der Waals surface area contributed by atoms with Crippen LogP contribution in [0, 0.1) is 18.3 Å². The molecule has 104 valence electrons. The zero-order valence-corrected chi connectivity index (χ0v) is 11.7. The second-order valence-corrected chi connectivity index (χ2v) is 4.74. The second-order valence-electron chi connectivity index (χ2n) is 4.74. The Hall–Kier alpha value is -2.94. The molecule has 2 heterocycles. The predicted octanol–water partition coefficient (Wildman–Crippen LogP) is 2.43. The summed E-state index contributed by atoms with van der Waals surface area (Å²) in [5.74, 6) is 1.11. The van der Waals surface area contributed by atoms with E-state index in [-0.39, 0.29) is 0 Å². The number of rotatable bonds is 3. The minimum atomic E-state index is 0.458. The van der Waals surface area contributed by atoms with Crippen LogP contribution in [0.1, 0.15) is 17.3 Å². The lowest BCUT2D eigenvalue weighted by Crippen LogP contribution is -2.19. The molecule has 0 bridgehead atoms. The van der Waals surface area contributed by atoms with Crippen molar-refractivity contribution < 1.29 is 4.52 Å². The summed E-state index contributed by atoms with van der Waals surface area (Å²) in [5, 5.41) is 14.2. The monoisotopic (exact) mass is 279 g/mol. The normalized spacial score (nSPS) is 10.5. The number of nitriles is 1. The number of aryl methyl sites for hydroxylation is 1. The number of benzene rings is 1. The van der Waals surface area contributed by atoms with Crippen LogP contribution in [-0.2, 0) is 6.54 Å². The number of hydrogen-bond acceptors (Lipinski definition) is 6. The van der Waals surface area contributed by atoms with Crippen LogP contribution in [0.15, 0.2) is 35.0 Å². The number of anilines is 1. The number of pyridine rings is 1. The Labute approximate surface area is 121 Å². The molecule has 2 aromatic heterocycles. The summed E-state index contributed by atoms with van der Waals surface area (Å²) in [4.78, 5) is 10.4. The third-order valence-corrected chi connectivity index (χ3v) is 3.20. The molecule has 6 nitrogen and oxygen atoms in total. The van der Waals surface area contributed by atoms with Crippen LogP contribution >= 0.6 is 0 Å². The molecule has 0 spiro atoms. The molecular weight excluding hydrogens is 266 g/mol. The SMILES string of the molecule is Cc1nc(CN(C)c2c(C#N)cnc3ccccc23)no1. The first-order valence-corrected chi connectivity index (χ1v) is 6.47. The fourth-order valence-corrected chi connectivity index (χ4v) is 2.32. The van der Waals surface area contributed by atoms with Gasteiger partial charge in [-0.15, -0.1) is 0 Å². The maximum absolute atomic E-state index is 9.33. The molecular formula is C15H13N5O. The van der Waals surface area contributed by atoms with Gasteiger partial charge in [0.25, 0.3) is 0 Å². The third kappa shape index (κ3) is 2.41. The van der Waals surface area contributed by atoms with Crippen LogP contribution in [0.4, 0.5) is 5.69 Å². The quantitative estimate of drug-likeness (QED) is 0.732. The Morgan fingerprint density at radius 1 is 1.33 bits per heavy atom. The minimum Gasteiger partial charge on any atom is -0.365 e. The summed E-state index contributed by atoms with van der Waals surface area (Å²) in [6, 6.07) is 9.92. The first-order valence-electron chi connectivity index (χ1n) is 6.47. The summed E-state index contributed by atoms with van der Waals surface area (Å²) >= 11 is 0. The standard InChI is InChI=1S/C15H13N5O/c1-10-18-14(19-21-10)9-20(2)15-11(7-16)8-17-13-6-4-3-5-12(13)15/h3-6,8H,9H2,1-2H3. The molecule has 0 atom stereocenters. The van der Waals surface area contributed by atoms with Crippen molar-refractivity contribution in [3.05, 3.63) is 47.7 Å². The van der Waals surface area contributed by atoms with Crippen molar-refractivity contribution in [2.75, 3.05) is 11.9 Å². The largest absolute Gasteiger partial charge is 0.365 e. The first-order chi connectivity index (χ1) is 10.2. The Kier molecular flexibility index (Phi) is 3.24. The number of hydrogen-bond donors (Lipinski definition) is 0. The van der Waals surface area contributed by atoms with Crippen LogP contribution in [0.25, 0.3) is 10.9 Å². The summed E-state index contributed by atoms with van der Waals surface area (Å²) < 4.78 is 4.98. The number of fused-ring (bicyclic) bond motifs is 1. The maximum Gasteiger partial charge on any atom is 0.223 e. The maximum atomic E-state index is 9.33. The van der Waals surface area contributed by atoms with Crippen molar-refractivity contribution in [2.45, 2.75) is 13.5 Å². The molecule has 1 aromatic carbocycles. The Morgan fingerprint density at radius 3 is 2.86 bits per heavy atom. The van der Waals surface area contributed by atoms with Gasteiger partial charge in [-0.25, -0.2) is 0 Å². The summed E-state index contributed by atoms with van der Waals surface area (Å²) in [6.45, 7) is 2.21. The number of aromatic nitrogens is 3. The van der Waals surface area contributed by atoms with Crippen molar-refractivity contribution in [1.82, 2.24) is 15.1 Å². The minimum absolute atomic E-state index is 0.458. The average molecular weight is 279 g/mol. The number of nitrogens with zero attached hydrogens (tertiary/aromatic N) is 5. The highest BCUT2D eigenvalue weighted by Crippen LogP contribution is 2.29. The van der Waals surface area contributed by atoms with E-state index in [2.05, 4.69) is 21.2 Å². The van der Waals surface area contributed by atoms with Gasteiger partial charge >= 0.3 is 0 Å². The van der Waals surface area contributed by atoms with E-state index in [1.807, 2.05) is 36.2 Å². The lowest BCUT2D eigenvalue weighted by molar-refractivity contribution is 0.387. The van der Waals surface area contributed by atoms with E-state index in [0.717, 1.165) is 16.6 Å². The molecule has 0 unspecified atom stereocenters. The van der Waals surface area contributed by atoms with Crippen LogP contribution in [0.5, 0.6) is 0 Å². The molecule has 0 saturated heterocycles. The smallest absolute Gasteiger partial charge is 0.223 e. The van der Waals surface area contributed by atoms with Gasteiger partial charge in [0.05, 0.1) is 23.3 Å². The van der Waals surface area contributed by atoms with Crippen molar-refractivity contribution in [2.24, 2.45) is 0 Å². The molecule has 3 aromatic rings. The summed E-state index contributed by atoms with van der Waals surface area (Å²) in [5.41, 5.74) is 2.20. The molecule has 0 N–H and O–H groups in total. The molecule has 0 saturated carbocycles. The molecule has 0 amide bonds. The van der Waals surface area contributed by atoms with Gasteiger partial charge < -0.3 is 9.42 Å². The van der Waals surface area contributed by atoms with Gasteiger partial charge in [0.1, 0.15) is 6.07 Å². The highest BCUT2D eigenvalue weighted by molar-refractivity contribution is 5.94. The number of para-hydroxylation sites is 1. The van der Waals surface area contributed by atoms with Gasteiger partial charge in [0.2, 0.25) is 5.89 Å². The van der Waals surface area contributed by atoms with E-state index in [1.165, 1.54) is 0 Å². The van der Waals surface area contributed by atoms with Crippen LogP contribution in [0.3, 0.4) is 0 Å². The first kappa shape index (κ1) is 13.1. The molecule has 3 rings (SSSR count). The highest BCUT2D eigenvalue weighted by atomic mass is 16.5. The van der Waals surface area contributed by atoms with Gasteiger partial charge in [0, 0.05) is 25.6 Å². The van der Waals surface area contributed by atoms with E-state index < -0.39 is 0 Å². The second kappa shape index (κ2) is 5.21.